The van der Waals surface area contributed by atoms with Crippen molar-refractivity contribution in [3.05, 3.63) is 96.8 Å². The smallest absolute Gasteiger partial charge is 0.251 e. The summed E-state index contributed by atoms with van der Waals surface area (Å²) in [6.07, 6.45) is 3.00. The number of nitrogens with zero attached hydrogens (tertiary/aromatic N) is 4. The van der Waals surface area contributed by atoms with Gasteiger partial charge >= 0.3 is 0 Å². The summed E-state index contributed by atoms with van der Waals surface area (Å²) in [6.45, 7) is 2.41. The summed E-state index contributed by atoms with van der Waals surface area (Å²) in [5, 5.41) is 11.1. The second-order valence-corrected chi connectivity index (χ2v) is 8.14. The highest BCUT2D eigenvalue weighted by atomic mass is 16.5. The molecule has 1 N–H and O–H groups in total. The number of para-hydroxylation sites is 1. The van der Waals surface area contributed by atoms with Crippen LogP contribution in [0.2, 0.25) is 0 Å². The lowest BCUT2D eigenvalue weighted by Gasteiger charge is -2.30. The zero-order chi connectivity index (χ0) is 25.6. The number of amides is 2. The minimum Gasteiger partial charge on any atom is -0.494 e. The Morgan fingerprint density at radius 1 is 1.00 bits per heavy atom. The first-order chi connectivity index (χ1) is 18.1. The molecule has 0 saturated carbocycles. The number of hydrogen-bond acceptors (Lipinski definition) is 7. The Balaban J connectivity index is 1.51. The number of aromatic nitrogens is 3. The molecule has 3 aromatic heterocycles. The quantitative estimate of drug-likeness (QED) is 0.307. The van der Waals surface area contributed by atoms with Crippen molar-refractivity contribution in [1.29, 1.82) is 0 Å². The van der Waals surface area contributed by atoms with Crippen LogP contribution in [-0.4, -0.2) is 33.4 Å². The van der Waals surface area contributed by atoms with Crippen LogP contribution in [-0.2, 0) is 22.7 Å². The van der Waals surface area contributed by atoms with Crippen molar-refractivity contribution >= 4 is 28.5 Å². The number of hydrogen-bond donors (Lipinski definition) is 1. The Morgan fingerprint density at radius 2 is 1.78 bits per heavy atom. The Hall–Kier alpha value is -4.86. The molecule has 1 atom stereocenters. The van der Waals surface area contributed by atoms with Crippen LogP contribution < -0.4 is 15.0 Å². The van der Waals surface area contributed by atoms with Gasteiger partial charge in [-0.25, -0.2) is 4.68 Å². The van der Waals surface area contributed by atoms with Crippen LogP contribution >= 0.6 is 0 Å². The lowest BCUT2D eigenvalue weighted by Crippen LogP contribution is -2.45. The minimum absolute atomic E-state index is 0.142. The Kier molecular flexibility index (Phi) is 6.98. The second kappa shape index (κ2) is 10.8. The third kappa shape index (κ3) is 5.22. The maximum absolute atomic E-state index is 13.9. The first-order valence-corrected chi connectivity index (χ1v) is 11.8. The Labute approximate surface area is 212 Å². The number of carbonyl (C=O) groups excluding carboxylic acids is 2. The summed E-state index contributed by atoms with van der Waals surface area (Å²) in [7, 11) is 0. The van der Waals surface area contributed by atoms with E-state index in [0.717, 1.165) is 0 Å². The molecule has 0 spiro atoms. The average Bonchev–Trinajstić information content (AvgIpc) is 3.70. The number of anilines is 1. The van der Waals surface area contributed by atoms with E-state index in [-0.39, 0.29) is 19.0 Å². The first-order valence-electron chi connectivity index (χ1n) is 11.8. The van der Waals surface area contributed by atoms with Gasteiger partial charge in [0.15, 0.2) is 6.04 Å². The van der Waals surface area contributed by atoms with Gasteiger partial charge in [0, 0.05) is 5.69 Å². The van der Waals surface area contributed by atoms with Gasteiger partial charge in [0.25, 0.3) is 5.91 Å². The van der Waals surface area contributed by atoms with Gasteiger partial charge in [-0.15, -0.1) is 5.10 Å². The molecule has 188 valence electrons. The van der Waals surface area contributed by atoms with Crippen LogP contribution in [0.4, 0.5) is 5.69 Å². The summed E-state index contributed by atoms with van der Waals surface area (Å²) >= 11 is 0. The molecule has 0 radical (unpaired) electrons. The number of furan rings is 2. The number of carbonyl (C=O) groups is 2. The summed E-state index contributed by atoms with van der Waals surface area (Å²) in [5.41, 5.74) is 1.87. The van der Waals surface area contributed by atoms with Crippen molar-refractivity contribution in [1.82, 2.24) is 20.3 Å². The van der Waals surface area contributed by atoms with E-state index >= 15 is 0 Å². The van der Waals surface area contributed by atoms with Gasteiger partial charge in [0.1, 0.15) is 29.3 Å². The van der Waals surface area contributed by atoms with Crippen LogP contribution in [0, 0.1) is 0 Å². The lowest BCUT2D eigenvalue weighted by atomic mass is 10.1. The zero-order valence-corrected chi connectivity index (χ0v) is 20.1. The number of benzene rings is 2. The summed E-state index contributed by atoms with van der Waals surface area (Å²) in [5.74, 6) is 0.728. The predicted molar refractivity (Wildman–Crippen MR) is 135 cm³/mol. The fourth-order valence-corrected chi connectivity index (χ4v) is 4.05. The molecule has 0 fully saturated rings. The van der Waals surface area contributed by atoms with Crippen molar-refractivity contribution in [2.45, 2.75) is 26.1 Å². The van der Waals surface area contributed by atoms with E-state index in [1.807, 2.05) is 31.2 Å². The molecule has 5 rings (SSSR count). The van der Waals surface area contributed by atoms with Crippen molar-refractivity contribution in [2.75, 3.05) is 11.5 Å². The SMILES string of the molecule is CCOc1ccc(N(C(=O)Cn2nnc3ccccc32)C(C(=O)NCc2ccco2)c2ccco2)cc1. The van der Waals surface area contributed by atoms with E-state index in [9.17, 15) is 9.59 Å². The standard InChI is InChI=1S/C27H25N5O5/c1-2-35-20-13-11-19(12-14-20)32(25(33)18-31-23-9-4-3-8-22(23)29-30-31)26(24-10-6-16-37-24)27(34)28-17-21-7-5-15-36-21/h3-16,26H,2,17-18H2,1H3,(H,28,34). The summed E-state index contributed by atoms with van der Waals surface area (Å²) in [6, 6.07) is 20.1. The molecule has 2 aromatic carbocycles. The maximum atomic E-state index is 13.9. The monoisotopic (exact) mass is 499 g/mol. The lowest BCUT2D eigenvalue weighted by molar-refractivity contribution is -0.127. The van der Waals surface area contributed by atoms with E-state index in [1.54, 1.807) is 48.5 Å². The maximum Gasteiger partial charge on any atom is 0.251 e. The molecule has 5 aromatic rings. The highest BCUT2D eigenvalue weighted by molar-refractivity contribution is 6.01. The van der Waals surface area contributed by atoms with Gasteiger partial charge in [-0.3, -0.25) is 14.5 Å². The fourth-order valence-electron chi connectivity index (χ4n) is 4.05. The first kappa shape index (κ1) is 23.9. The van der Waals surface area contributed by atoms with Gasteiger partial charge in [-0.1, -0.05) is 17.3 Å². The number of rotatable bonds is 10. The molecular formula is C27H25N5O5. The van der Waals surface area contributed by atoms with Crippen molar-refractivity contribution in [2.24, 2.45) is 0 Å². The van der Waals surface area contributed by atoms with Crippen molar-refractivity contribution in [3.63, 3.8) is 0 Å². The second-order valence-electron chi connectivity index (χ2n) is 8.14. The third-order valence-corrected chi connectivity index (χ3v) is 5.74. The largest absolute Gasteiger partial charge is 0.494 e. The van der Waals surface area contributed by atoms with E-state index < -0.39 is 11.9 Å². The fraction of sp³-hybridized carbons (Fsp3) is 0.185. The Morgan fingerprint density at radius 3 is 2.51 bits per heavy atom. The molecule has 0 aliphatic carbocycles. The normalized spacial score (nSPS) is 11.8. The van der Waals surface area contributed by atoms with E-state index in [4.69, 9.17) is 13.6 Å². The molecule has 2 amide bonds. The van der Waals surface area contributed by atoms with Gasteiger partial charge < -0.3 is 18.9 Å². The molecule has 3 heterocycles. The van der Waals surface area contributed by atoms with Crippen molar-refractivity contribution < 1.29 is 23.2 Å². The summed E-state index contributed by atoms with van der Waals surface area (Å²) in [4.78, 5) is 28.9. The topological polar surface area (TPSA) is 116 Å². The highest BCUT2D eigenvalue weighted by Gasteiger charge is 2.35. The molecule has 1 unspecified atom stereocenters. The van der Waals surface area contributed by atoms with Crippen LogP contribution in [0.3, 0.4) is 0 Å². The molecule has 37 heavy (non-hydrogen) atoms. The van der Waals surface area contributed by atoms with E-state index in [1.165, 1.54) is 22.1 Å². The van der Waals surface area contributed by atoms with Crippen LogP contribution in [0.5, 0.6) is 5.75 Å². The zero-order valence-electron chi connectivity index (χ0n) is 20.1. The van der Waals surface area contributed by atoms with Crippen molar-refractivity contribution in [3.8, 4) is 5.75 Å². The molecule has 0 aliphatic rings. The predicted octanol–water partition coefficient (Wildman–Crippen LogP) is 4.11. The minimum atomic E-state index is -1.09. The van der Waals surface area contributed by atoms with E-state index in [0.29, 0.717) is 40.6 Å². The van der Waals surface area contributed by atoms with Crippen LogP contribution in [0.15, 0.2) is 94.2 Å². The molecule has 0 saturated heterocycles. The molecule has 0 aliphatic heterocycles. The van der Waals surface area contributed by atoms with Crippen LogP contribution in [0.1, 0.15) is 24.5 Å². The summed E-state index contributed by atoms with van der Waals surface area (Å²) < 4.78 is 18.1. The molecule has 10 nitrogen and oxygen atoms in total. The van der Waals surface area contributed by atoms with Gasteiger partial charge in [0.05, 0.1) is 31.2 Å². The average molecular weight is 500 g/mol. The van der Waals surface area contributed by atoms with Crippen LogP contribution in [0.25, 0.3) is 11.0 Å². The van der Waals surface area contributed by atoms with Gasteiger partial charge in [-0.05, 0) is 67.6 Å². The third-order valence-electron chi connectivity index (χ3n) is 5.74. The highest BCUT2D eigenvalue weighted by Crippen LogP contribution is 2.30. The van der Waals surface area contributed by atoms with Gasteiger partial charge in [0.2, 0.25) is 5.91 Å². The van der Waals surface area contributed by atoms with Gasteiger partial charge in [-0.2, -0.15) is 0 Å². The molecule has 0 bridgehead atoms. The van der Waals surface area contributed by atoms with E-state index in [2.05, 4.69) is 15.6 Å². The molecule has 10 heteroatoms. The number of fused-ring (bicyclic) bond motifs is 1. The Bertz CT molecular complexity index is 1460. The number of ether oxygens (including phenoxy) is 1. The molecular weight excluding hydrogens is 474 g/mol. The number of nitrogens with one attached hydrogen (secondary N) is 1.